The average molecular weight is 441 g/mol. The Balaban J connectivity index is 0.00000210. The number of ether oxygens (including phenoxy) is 1. The number of hydrogen-bond acceptors (Lipinski definition) is 5. The van der Waals surface area contributed by atoms with Crippen LogP contribution in [0, 0.1) is 5.41 Å². The molecule has 1 saturated heterocycles. The Bertz CT molecular complexity index is 794. The van der Waals surface area contributed by atoms with Crippen molar-refractivity contribution in [1.82, 2.24) is 10.3 Å². The molecule has 0 bridgehead atoms. The van der Waals surface area contributed by atoms with Crippen LogP contribution < -0.4 is 16.0 Å². The van der Waals surface area contributed by atoms with E-state index in [-0.39, 0.29) is 36.6 Å². The highest BCUT2D eigenvalue weighted by molar-refractivity contribution is 6.05. The number of aromatic nitrogens is 1. The zero-order valence-electron chi connectivity index (χ0n) is 16.1. The van der Waals surface area contributed by atoms with Crippen molar-refractivity contribution in [1.29, 1.82) is 0 Å². The van der Waals surface area contributed by atoms with Gasteiger partial charge < -0.3 is 20.7 Å². The summed E-state index contributed by atoms with van der Waals surface area (Å²) in [5.41, 5.74) is 0.485. The van der Waals surface area contributed by atoms with Gasteiger partial charge in [0.25, 0.3) is 5.91 Å². The molecule has 0 saturated carbocycles. The van der Waals surface area contributed by atoms with Gasteiger partial charge in [0.15, 0.2) is 0 Å². The summed E-state index contributed by atoms with van der Waals surface area (Å²) in [6, 6.07) is 12.2. The number of anilines is 2. The van der Waals surface area contributed by atoms with Gasteiger partial charge in [-0.1, -0.05) is 12.1 Å². The van der Waals surface area contributed by atoms with Crippen molar-refractivity contribution in [3.05, 3.63) is 54.2 Å². The Morgan fingerprint density at radius 3 is 2.52 bits per heavy atom. The number of pyridine rings is 1. The number of nitrogens with zero attached hydrogens (tertiary/aromatic N) is 1. The highest BCUT2D eigenvalue weighted by Gasteiger charge is 2.39. The third-order valence-electron chi connectivity index (χ3n) is 4.75. The number of carbonyl (C=O) groups is 2. The van der Waals surface area contributed by atoms with E-state index in [0.717, 1.165) is 13.1 Å². The summed E-state index contributed by atoms with van der Waals surface area (Å²) in [4.78, 5) is 29.4. The number of piperidine rings is 1. The number of rotatable bonds is 6. The Morgan fingerprint density at radius 1 is 1.10 bits per heavy atom. The van der Waals surface area contributed by atoms with Crippen LogP contribution in [0.1, 0.15) is 23.2 Å². The van der Waals surface area contributed by atoms with Crippen LogP contribution in [0.3, 0.4) is 0 Å². The van der Waals surface area contributed by atoms with Gasteiger partial charge in [-0.15, -0.1) is 24.8 Å². The molecule has 2 aromatic rings. The number of hydrogen-bond donors (Lipinski definition) is 3. The molecule has 1 aliphatic rings. The maximum atomic E-state index is 12.9. The van der Waals surface area contributed by atoms with Gasteiger partial charge >= 0.3 is 0 Å². The lowest BCUT2D eigenvalue weighted by Gasteiger charge is -2.35. The molecule has 9 heteroatoms. The maximum absolute atomic E-state index is 12.9. The van der Waals surface area contributed by atoms with Crippen molar-refractivity contribution in [2.24, 2.45) is 5.41 Å². The van der Waals surface area contributed by atoms with Crippen LogP contribution in [0.5, 0.6) is 0 Å². The second kappa shape index (κ2) is 11.7. The number of carbonyl (C=O) groups excluding carboxylic acids is 2. The lowest BCUT2D eigenvalue weighted by atomic mass is 9.78. The summed E-state index contributed by atoms with van der Waals surface area (Å²) in [6.07, 6.45) is 3.04. The SMILES string of the molecule is COCC1(C(=O)Nc2cccc(C(=O)Nc3ccccn3)c2)CCNCC1.Cl.Cl. The molecule has 3 N–H and O–H groups in total. The smallest absolute Gasteiger partial charge is 0.256 e. The minimum Gasteiger partial charge on any atom is -0.384 e. The van der Waals surface area contributed by atoms with Gasteiger partial charge in [-0.25, -0.2) is 4.98 Å². The first-order chi connectivity index (χ1) is 13.1. The van der Waals surface area contributed by atoms with E-state index in [1.54, 1.807) is 55.8 Å². The lowest BCUT2D eigenvalue weighted by Crippen LogP contribution is -2.47. The predicted molar refractivity (Wildman–Crippen MR) is 118 cm³/mol. The molecule has 3 rings (SSSR count). The van der Waals surface area contributed by atoms with Crippen LogP contribution in [0.2, 0.25) is 0 Å². The van der Waals surface area contributed by atoms with Crippen LogP contribution in [-0.4, -0.2) is 43.6 Å². The lowest BCUT2D eigenvalue weighted by molar-refractivity contribution is -0.130. The van der Waals surface area contributed by atoms with E-state index < -0.39 is 5.41 Å². The molecule has 1 aliphatic heterocycles. The summed E-state index contributed by atoms with van der Waals surface area (Å²) in [5.74, 6) is 0.122. The Hall–Kier alpha value is -2.19. The van der Waals surface area contributed by atoms with Crippen LogP contribution in [-0.2, 0) is 9.53 Å². The van der Waals surface area contributed by atoms with E-state index in [1.807, 2.05) is 0 Å². The Labute approximate surface area is 182 Å². The Morgan fingerprint density at radius 2 is 1.86 bits per heavy atom. The number of nitrogens with one attached hydrogen (secondary N) is 3. The molecule has 7 nitrogen and oxygen atoms in total. The van der Waals surface area contributed by atoms with E-state index >= 15 is 0 Å². The van der Waals surface area contributed by atoms with Crippen LogP contribution >= 0.6 is 24.8 Å². The zero-order valence-corrected chi connectivity index (χ0v) is 17.8. The van der Waals surface area contributed by atoms with Crippen molar-refractivity contribution < 1.29 is 14.3 Å². The van der Waals surface area contributed by atoms with Gasteiger partial charge in [0.1, 0.15) is 5.82 Å². The van der Waals surface area contributed by atoms with Gasteiger partial charge in [0.2, 0.25) is 5.91 Å². The van der Waals surface area contributed by atoms with Crippen molar-refractivity contribution >= 4 is 48.1 Å². The Kier molecular flexibility index (Phi) is 10.0. The zero-order chi connectivity index (χ0) is 19.1. The minimum atomic E-state index is -0.549. The molecular weight excluding hydrogens is 415 g/mol. The monoisotopic (exact) mass is 440 g/mol. The largest absolute Gasteiger partial charge is 0.384 e. The molecule has 1 fully saturated rings. The second-order valence-corrected chi connectivity index (χ2v) is 6.67. The van der Waals surface area contributed by atoms with Gasteiger partial charge in [0, 0.05) is 24.6 Å². The molecule has 29 heavy (non-hydrogen) atoms. The summed E-state index contributed by atoms with van der Waals surface area (Å²) in [5, 5.41) is 8.96. The molecule has 2 heterocycles. The molecule has 158 valence electrons. The quantitative estimate of drug-likeness (QED) is 0.641. The number of methoxy groups -OCH3 is 1. The molecule has 1 aromatic carbocycles. The number of benzene rings is 1. The summed E-state index contributed by atoms with van der Waals surface area (Å²) in [6.45, 7) is 1.94. The third kappa shape index (κ3) is 6.40. The van der Waals surface area contributed by atoms with Gasteiger partial charge in [-0.2, -0.15) is 0 Å². The van der Waals surface area contributed by atoms with E-state index in [2.05, 4.69) is 20.9 Å². The topological polar surface area (TPSA) is 92.3 Å². The molecule has 0 spiro atoms. The van der Waals surface area contributed by atoms with Crippen LogP contribution in [0.25, 0.3) is 0 Å². The van der Waals surface area contributed by atoms with Gasteiger partial charge in [-0.3, -0.25) is 9.59 Å². The van der Waals surface area contributed by atoms with Gasteiger partial charge in [-0.05, 0) is 56.3 Å². The molecular formula is C20H26Cl2N4O3. The highest BCUT2D eigenvalue weighted by atomic mass is 35.5. The van der Waals surface area contributed by atoms with E-state index in [0.29, 0.717) is 36.5 Å². The standard InChI is InChI=1S/C20H24N4O3.2ClH/c1-27-14-20(8-11-21-12-9-20)19(26)23-16-6-4-5-15(13-16)18(25)24-17-7-2-3-10-22-17;;/h2-7,10,13,21H,8-9,11-12,14H2,1H3,(H,23,26)(H,22,24,25);2*1H. The van der Waals surface area contributed by atoms with Crippen LogP contribution in [0.15, 0.2) is 48.7 Å². The summed E-state index contributed by atoms with van der Waals surface area (Å²) >= 11 is 0. The molecule has 1 aromatic heterocycles. The van der Waals surface area contributed by atoms with Crippen molar-refractivity contribution in [3.8, 4) is 0 Å². The first-order valence-electron chi connectivity index (χ1n) is 8.96. The molecule has 0 aliphatic carbocycles. The van der Waals surface area contributed by atoms with Gasteiger partial charge in [0.05, 0.1) is 12.0 Å². The third-order valence-corrected chi connectivity index (χ3v) is 4.75. The molecule has 0 atom stereocenters. The highest BCUT2D eigenvalue weighted by Crippen LogP contribution is 2.31. The van der Waals surface area contributed by atoms with E-state index in [1.165, 1.54) is 0 Å². The van der Waals surface area contributed by atoms with Crippen molar-refractivity contribution in [2.45, 2.75) is 12.8 Å². The fourth-order valence-corrected chi connectivity index (χ4v) is 3.25. The first-order valence-corrected chi connectivity index (χ1v) is 8.96. The molecule has 0 radical (unpaired) electrons. The maximum Gasteiger partial charge on any atom is 0.256 e. The average Bonchev–Trinajstić information content (AvgIpc) is 2.70. The second-order valence-electron chi connectivity index (χ2n) is 6.67. The summed E-state index contributed by atoms with van der Waals surface area (Å²) < 4.78 is 5.31. The van der Waals surface area contributed by atoms with E-state index in [4.69, 9.17) is 4.74 Å². The van der Waals surface area contributed by atoms with Crippen molar-refractivity contribution in [2.75, 3.05) is 37.4 Å². The number of amides is 2. The van der Waals surface area contributed by atoms with Crippen LogP contribution in [0.4, 0.5) is 11.5 Å². The molecule has 2 amide bonds. The number of halogens is 2. The van der Waals surface area contributed by atoms with E-state index in [9.17, 15) is 9.59 Å². The predicted octanol–water partition coefficient (Wildman–Crippen LogP) is 3.13. The first kappa shape index (κ1) is 24.8. The fraction of sp³-hybridized carbons (Fsp3) is 0.350. The molecule has 0 unspecified atom stereocenters. The minimum absolute atomic E-state index is 0. The normalized spacial score (nSPS) is 14.7. The van der Waals surface area contributed by atoms with Crippen molar-refractivity contribution in [3.63, 3.8) is 0 Å². The summed E-state index contributed by atoms with van der Waals surface area (Å²) in [7, 11) is 1.61. The fourth-order valence-electron chi connectivity index (χ4n) is 3.25.